The van der Waals surface area contributed by atoms with Gasteiger partial charge in [-0.15, -0.1) is 0 Å². The first-order valence-corrected chi connectivity index (χ1v) is 9.26. The summed E-state index contributed by atoms with van der Waals surface area (Å²) in [6.07, 6.45) is 1.35. The number of hydrogen-bond donors (Lipinski definition) is 2. The van der Waals surface area contributed by atoms with E-state index in [0.717, 1.165) is 0 Å². The van der Waals surface area contributed by atoms with E-state index < -0.39 is 11.9 Å². The van der Waals surface area contributed by atoms with E-state index in [-0.39, 0.29) is 11.5 Å². The number of carboxylic acid groups (broad SMARTS) is 1. The Kier molecular flexibility index (Phi) is 6.41. The smallest absolute Gasteiger partial charge is 0.352 e. The van der Waals surface area contributed by atoms with Crippen molar-refractivity contribution in [3.05, 3.63) is 99.9 Å². The fourth-order valence-corrected chi connectivity index (χ4v) is 2.85. The van der Waals surface area contributed by atoms with Crippen molar-refractivity contribution >= 4 is 33.9 Å². The molecule has 2 N–H and O–H groups in total. The van der Waals surface area contributed by atoms with Crippen LogP contribution < -0.4 is 10.1 Å². The first kappa shape index (κ1) is 20.3. The lowest BCUT2D eigenvalue weighted by molar-refractivity contribution is -0.132. The van der Waals surface area contributed by atoms with E-state index >= 15 is 0 Å². The number of benzene rings is 3. The van der Waals surface area contributed by atoms with Crippen molar-refractivity contribution in [2.24, 2.45) is 0 Å². The zero-order valence-electron chi connectivity index (χ0n) is 14.9. The summed E-state index contributed by atoms with van der Waals surface area (Å²) in [7, 11) is 0. The van der Waals surface area contributed by atoms with Crippen molar-refractivity contribution in [3.63, 3.8) is 0 Å². The Morgan fingerprint density at radius 3 is 2.31 bits per heavy atom. The normalized spacial score (nSPS) is 11.0. The average molecular weight is 456 g/mol. The van der Waals surface area contributed by atoms with Crippen molar-refractivity contribution in [2.45, 2.75) is 0 Å². The summed E-state index contributed by atoms with van der Waals surface area (Å²) in [5.41, 5.74) is 0.656. The molecule has 0 radical (unpaired) electrons. The van der Waals surface area contributed by atoms with Crippen LogP contribution in [0, 0.1) is 5.82 Å². The number of carboxylic acids is 1. The molecule has 7 heteroatoms. The molecule has 29 heavy (non-hydrogen) atoms. The lowest BCUT2D eigenvalue weighted by atomic mass is 10.1. The van der Waals surface area contributed by atoms with Crippen molar-refractivity contribution in [3.8, 4) is 11.5 Å². The number of ether oxygens (including phenoxy) is 1. The first-order chi connectivity index (χ1) is 13.9. The second-order valence-corrected chi connectivity index (χ2v) is 6.78. The van der Waals surface area contributed by atoms with Gasteiger partial charge < -0.3 is 15.2 Å². The maximum Gasteiger partial charge on any atom is 0.352 e. The molecule has 3 aromatic rings. The molecule has 0 aromatic heterocycles. The highest BCUT2D eigenvalue weighted by Gasteiger charge is 2.13. The van der Waals surface area contributed by atoms with Gasteiger partial charge in [0.25, 0.3) is 5.91 Å². The number of rotatable bonds is 6. The Morgan fingerprint density at radius 2 is 1.69 bits per heavy atom. The number of carbonyl (C=O) groups is 2. The summed E-state index contributed by atoms with van der Waals surface area (Å²) < 4.78 is 19.3. The molecule has 0 saturated carbocycles. The molecule has 0 unspecified atom stereocenters. The first-order valence-electron chi connectivity index (χ1n) is 8.47. The number of aliphatic carboxylic acids is 1. The van der Waals surface area contributed by atoms with Gasteiger partial charge in [0.15, 0.2) is 0 Å². The molecule has 0 saturated heterocycles. The van der Waals surface area contributed by atoms with E-state index in [1.807, 2.05) is 0 Å². The molecular formula is C22H15BrFNO4. The molecule has 0 heterocycles. The largest absolute Gasteiger partial charge is 0.477 e. The van der Waals surface area contributed by atoms with Crippen LogP contribution in [0.5, 0.6) is 11.5 Å². The van der Waals surface area contributed by atoms with Gasteiger partial charge in [0.2, 0.25) is 0 Å². The minimum Gasteiger partial charge on any atom is -0.477 e. The molecule has 0 bridgehead atoms. The number of hydrogen-bond acceptors (Lipinski definition) is 3. The molecule has 146 valence electrons. The summed E-state index contributed by atoms with van der Waals surface area (Å²) in [6.45, 7) is 0. The third kappa shape index (κ3) is 5.52. The summed E-state index contributed by atoms with van der Waals surface area (Å²) in [5.74, 6) is -1.23. The van der Waals surface area contributed by atoms with E-state index in [1.165, 1.54) is 24.3 Å². The Hall–Kier alpha value is -3.45. The predicted octanol–water partition coefficient (Wildman–Crippen LogP) is 5.24. The molecule has 5 nitrogen and oxygen atoms in total. The number of amides is 1. The van der Waals surface area contributed by atoms with Gasteiger partial charge in [0.1, 0.15) is 23.0 Å². The number of nitrogens with one attached hydrogen (secondary N) is 1. The Morgan fingerprint density at radius 1 is 1.00 bits per heavy atom. The van der Waals surface area contributed by atoms with Crippen LogP contribution >= 0.6 is 15.9 Å². The second-order valence-electron chi connectivity index (χ2n) is 5.93. The van der Waals surface area contributed by atoms with Crippen LogP contribution in [0.2, 0.25) is 0 Å². The van der Waals surface area contributed by atoms with Crippen molar-refractivity contribution in [1.29, 1.82) is 0 Å². The zero-order chi connectivity index (χ0) is 20.8. The molecule has 0 aliphatic carbocycles. The molecule has 0 atom stereocenters. The van der Waals surface area contributed by atoms with Gasteiger partial charge in [-0.1, -0.05) is 30.3 Å². The number of halogens is 2. The van der Waals surface area contributed by atoms with Crippen LogP contribution in [0.3, 0.4) is 0 Å². The predicted molar refractivity (Wildman–Crippen MR) is 110 cm³/mol. The summed E-state index contributed by atoms with van der Waals surface area (Å²) in [5, 5.41) is 11.8. The number of carbonyl (C=O) groups excluding carboxylic acids is 1. The van der Waals surface area contributed by atoms with Gasteiger partial charge >= 0.3 is 5.97 Å². The lowest BCUT2D eigenvalue weighted by Gasteiger charge is -2.09. The topological polar surface area (TPSA) is 75.6 Å². The van der Waals surface area contributed by atoms with Crippen molar-refractivity contribution in [1.82, 2.24) is 5.32 Å². The lowest BCUT2D eigenvalue weighted by Crippen LogP contribution is -2.27. The van der Waals surface area contributed by atoms with Crippen LogP contribution in [0.25, 0.3) is 6.08 Å². The fraction of sp³-hybridized carbons (Fsp3) is 0. The van der Waals surface area contributed by atoms with E-state index in [1.54, 1.807) is 54.6 Å². The van der Waals surface area contributed by atoms with Gasteiger partial charge in [-0.2, -0.15) is 0 Å². The zero-order valence-corrected chi connectivity index (χ0v) is 16.5. The molecule has 0 fully saturated rings. The third-order valence-corrected chi connectivity index (χ3v) is 4.45. The molecule has 0 spiro atoms. The van der Waals surface area contributed by atoms with Gasteiger partial charge in [-0.3, -0.25) is 4.79 Å². The monoisotopic (exact) mass is 455 g/mol. The summed E-state index contributed by atoms with van der Waals surface area (Å²) in [6, 6.07) is 19.0. The van der Waals surface area contributed by atoms with E-state index in [4.69, 9.17) is 4.74 Å². The molecule has 0 aliphatic heterocycles. The van der Waals surface area contributed by atoms with E-state index in [0.29, 0.717) is 27.1 Å². The van der Waals surface area contributed by atoms with Gasteiger partial charge in [-0.25, -0.2) is 9.18 Å². The van der Waals surface area contributed by atoms with Crippen molar-refractivity contribution < 1.29 is 23.8 Å². The van der Waals surface area contributed by atoms with Crippen LogP contribution in [0.15, 0.2) is 83.0 Å². The molecule has 0 aliphatic rings. The maximum absolute atomic E-state index is 13.2. The van der Waals surface area contributed by atoms with Crippen LogP contribution in [-0.4, -0.2) is 17.0 Å². The van der Waals surface area contributed by atoms with E-state index in [2.05, 4.69) is 21.2 Å². The highest BCUT2D eigenvalue weighted by molar-refractivity contribution is 9.10. The molecule has 1 amide bonds. The van der Waals surface area contributed by atoms with Crippen LogP contribution in [0.4, 0.5) is 4.39 Å². The maximum atomic E-state index is 13.2. The SMILES string of the molecule is O=C(O)/C(=C/c1ccc(Oc2ccc(F)cc2Br)cc1)NC(=O)c1ccccc1. The Labute approximate surface area is 174 Å². The van der Waals surface area contributed by atoms with E-state index in [9.17, 15) is 19.1 Å². The van der Waals surface area contributed by atoms with Gasteiger partial charge in [-0.05, 0) is 70.0 Å². The van der Waals surface area contributed by atoms with Crippen molar-refractivity contribution in [2.75, 3.05) is 0 Å². The minimum absolute atomic E-state index is 0.256. The fourth-order valence-electron chi connectivity index (χ4n) is 2.42. The van der Waals surface area contributed by atoms with Gasteiger partial charge in [0.05, 0.1) is 4.47 Å². The molecular weight excluding hydrogens is 441 g/mol. The van der Waals surface area contributed by atoms with Crippen LogP contribution in [0.1, 0.15) is 15.9 Å². The average Bonchev–Trinajstić information content (AvgIpc) is 2.71. The standard InChI is InChI=1S/C22H15BrFNO4/c23-18-13-16(24)8-11-20(18)29-17-9-6-14(7-10-17)12-19(22(27)28)25-21(26)15-4-2-1-3-5-15/h1-13H,(H,25,26)(H,27,28)/b19-12-. The highest BCUT2D eigenvalue weighted by Crippen LogP contribution is 2.30. The summed E-state index contributed by atoms with van der Waals surface area (Å²) >= 11 is 3.23. The highest BCUT2D eigenvalue weighted by atomic mass is 79.9. The molecule has 3 rings (SSSR count). The Bertz CT molecular complexity index is 1070. The second kappa shape index (κ2) is 9.16. The molecule has 3 aromatic carbocycles. The van der Waals surface area contributed by atoms with Gasteiger partial charge in [0, 0.05) is 5.56 Å². The third-order valence-electron chi connectivity index (χ3n) is 3.83. The van der Waals surface area contributed by atoms with Crippen LogP contribution in [-0.2, 0) is 4.79 Å². The summed E-state index contributed by atoms with van der Waals surface area (Å²) in [4.78, 5) is 23.7. The minimum atomic E-state index is -1.26. The Balaban J connectivity index is 1.75. The quantitative estimate of drug-likeness (QED) is 0.498.